The van der Waals surface area contributed by atoms with Gasteiger partial charge in [0.05, 0.1) is 17.9 Å². The van der Waals surface area contributed by atoms with Gasteiger partial charge in [0.1, 0.15) is 5.75 Å². The third-order valence-corrected chi connectivity index (χ3v) is 3.05. The fourth-order valence-electron chi connectivity index (χ4n) is 1.93. The molecule has 23 heavy (non-hydrogen) atoms. The Morgan fingerprint density at radius 3 is 2.43 bits per heavy atom. The van der Waals surface area contributed by atoms with Crippen molar-refractivity contribution in [2.24, 2.45) is 0 Å². The second kappa shape index (κ2) is 7.17. The summed E-state index contributed by atoms with van der Waals surface area (Å²) in [4.78, 5) is 12.2. The summed E-state index contributed by atoms with van der Waals surface area (Å²) in [7, 11) is 0. The van der Waals surface area contributed by atoms with E-state index in [0.29, 0.717) is 18.6 Å². The van der Waals surface area contributed by atoms with Crippen LogP contribution in [0.4, 0.5) is 18.9 Å². The summed E-state index contributed by atoms with van der Waals surface area (Å²) in [5.41, 5.74) is -0.488. The molecule has 2 aromatic carbocycles. The molecule has 1 N–H and O–H groups in total. The van der Waals surface area contributed by atoms with Crippen molar-refractivity contribution < 1.29 is 22.7 Å². The molecule has 122 valence electrons. The van der Waals surface area contributed by atoms with Gasteiger partial charge in [-0.3, -0.25) is 4.79 Å². The highest BCUT2D eigenvalue weighted by Gasteiger charge is 2.31. The topological polar surface area (TPSA) is 38.3 Å². The fraction of sp³-hybridized carbons (Fsp3) is 0.235. The lowest BCUT2D eigenvalue weighted by Gasteiger charge is -2.15. The van der Waals surface area contributed by atoms with Crippen molar-refractivity contribution in [1.82, 2.24) is 0 Å². The summed E-state index contributed by atoms with van der Waals surface area (Å²) in [6, 6.07) is 11.3. The van der Waals surface area contributed by atoms with Crippen LogP contribution in [-0.4, -0.2) is 12.5 Å². The van der Waals surface area contributed by atoms with E-state index in [1.807, 2.05) is 6.92 Å². The Morgan fingerprint density at radius 1 is 1.13 bits per heavy atom. The number of ether oxygens (including phenoxy) is 1. The Kier molecular flexibility index (Phi) is 5.26. The lowest BCUT2D eigenvalue weighted by atomic mass is 10.1. The second-order valence-corrected chi connectivity index (χ2v) is 4.88. The predicted octanol–water partition coefficient (Wildman–Crippen LogP) is 4.75. The molecule has 0 aliphatic rings. The smallest absolute Gasteiger partial charge is 0.416 e. The molecule has 1 amide bonds. The third kappa shape index (κ3) is 4.48. The van der Waals surface area contributed by atoms with Gasteiger partial charge < -0.3 is 10.1 Å². The van der Waals surface area contributed by atoms with E-state index in [9.17, 15) is 18.0 Å². The summed E-state index contributed by atoms with van der Waals surface area (Å²) < 4.78 is 44.0. The van der Waals surface area contributed by atoms with Gasteiger partial charge in [0.25, 0.3) is 5.91 Å². The van der Waals surface area contributed by atoms with Crippen LogP contribution in [-0.2, 0) is 6.18 Å². The molecular formula is C17H16F3NO2. The minimum Gasteiger partial charge on any atom is -0.491 e. The lowest BCUT2D eigenvalue weighted by Crippen LogP contribution is -2.14. The number of alkyl halides is 3. The number of rotatable bonds is 5. The first-order chi connectivity index (χ1) is 10.9. The lowest BCUT2D eigenvalue weighted by molar-refractivity contribution is -0.137. The highest BCUT2D eigenvalue weighted by molar-refractivity contribution is 6.05. The highest BCUT2D eigenvalue weighted by Crippen LogP contribution is 2.35. The summed E-state index contributed by atoms with van der Waals surface area (Å²) in [6.07, 6.45) is -3.79. The molecule has 0 fully saturated rings. The highest BCUT2D eigenvalue weighted by atomic mass is 19.4. The SMILES string of the molecule is CCCOc1ccc(C(F)(F)F)cc1NC(=O)c1ccccc1. The second-order valence-electron chi connectivity index (χ2n) is 4.88. The maximum atomic E-state index is 12.9. The molecule has 0 aromatic heterocycles. The Morgan fingerprint density at radius 2 is 1.83 bits per heavy atom. The van der Waals surface area contributed by atoms with E-state index in [4.69, 9.17) is 4.74 Å². The average Bonchev–Trinajstić information content (AvgIpc) is 2.53. The van der Waals surface area contributed by atoms with Crippen molar-refractivity contribution in [3.63, 3.8) is 0 Å². The number of nitrogens with one attached hydrogen (secondary N) is 1. The number of amides is 1. The molecule has 0 saturated heterocycles. The number of halogens is 3. The van der Waals surface area contributed by atoms with E-state index in [1.165, 1.54) is 6.07 Å². The Hall–Kier alpha value is -2.50. The van der Waals surface area contributed by atoms with Crippen molar-refractivity contribution >= 4 is 11.6 Å². The molecule has 0 saturated carbocycles. The number of hydrogen-bond donors (Lipinski definition) is 1. The van der Waals surface area contributed by atoms with E-state index in [0.717, 1.165) is 12.1 Å². The molecule has 2 rings (SSSR count). The zero-order valence-corrected chi connectivity index (χ0v) is 12.5. The Labute approximate surface area is 132 Å². The molecule has 6 heteroatoms. The van der Waals surface area contributed by atoms with E-state index in [2.05, 4.69) is 5.32 Å². The molecule has 0 unspecified atom stereocenters. The van der Waals surface area contributed by atoms with Crippen LogP contribution in [0.2, 0.25) is 0 Å². The number of carbonyl (C=O) groups is 1. The summed E-state index contributed by atoms with van der Waals surface area (Å²) >= 11 is 0. The van der Waals surface area contributed by atoms with Gasteiger partial charge in [0, 0.05) is 5.56 Å². The van der Waals surface area contributed by atoms with Crippen LogP contribution < -0.4 is 10.1 Å². The van der Waals surface area contributed by atoms with Crippen LogP contribution in [0.25, 0.3) is 0 Å². The first-order valence-corrected chi connectivity index (χ1v) is 7.12. The van der Waals surface area contributed by atoms with E-state index < -0.39 is 17.6 Å². The summed E-state index contributed by atoms with van der Waals surface area (Å²) in [5, 5.41) is 2.48. The molecule has 3 nitrogen and oxygen atoms in total. The summed E-state index contributed by atoms with van der Waals surface area (Å²) in [6.45, 7) is 2.23. The zero-order chi connectivity index (χ0) is 16.9. The van der Waals surface area contributed by atoms with Crippen molar-refractivity contribution in [2.75, 3.05) is 11.9 Å². The van der Waals surface area contributed by atoms with Crippen molar-refractivity contribution in [1.29, 1.82) is 0 Å². The molecule has 0 radical (unpaired) electrons. The van der Waals surface area contributed by atoms with E-state index in [-0.39, 0.29) is 11.4 Å². The van der Waals surface area contributed by atoms with Crippen LogP contribution in [0.5, 0.6) is 5.75 Å². The minimum atomic E-state index is -4.49. The van der Waals surface area contributed by atoms with Gasteiger partial charge in [-0.05, 0) is 36.8 Å². The zero-order valence-electron chi connectivity index (χ0n) is 12.5. The van der Waals surface area contributed by atoms with Crippen LogP contribution >= 0.6 is 0 Å². The van der Waals surface area contributed by atoms with Gasteiger partial charge in [-0.1, -0.05) is 25.1 Å². The van der Waals surface area contributed by atoms with Gasteiger partial charge in [0.2, 0.25) is 0 Å². The monoisotopic (exact) mass is 323 g/mol. The van der Waals surface area contributed by atoms with E-state index in [1.54, 1.807) is 30.3 Å². The van der Waals surface area contributed by atoms with Crippen molar-refractivity contribution in [3.8, 4) is 5.75 Å². The molecule has 0 aliphatic carbocycles. The van der Waals surface area contributed by atoms with Gasteiger partial charge in [-0.15, -0.1) is 0 Å². The molecule has 0 bridgehead atoms. The number of anilines is 1. The Bertz CT molecular complexity index is 669. The first-order valence-electron chi connectivity index (χ1n) is 7.12. The van der Waals surface area contributed by atoms with E-state index >= 15 is 0 Å². The third-order valence-electron chi connectivity index (χ3n) is 3.05. The van der Waals surface area contributed by atoms with Crippen LogP contribution in [0.3, 0.4) is 0 Å². The molecule has 0 atom stereocenters. The number of carbonyl (C=O) groups excluding carboxylic acids is 1. The first kappa shape index (κ1) is 16.9. The minimum absolute atomic E-state index is 0.00197. The van der Waals surface area contributed by atoms with Crippen molar-refractivity contribution in [3.05, 3.63) is 59.7 Å². The molecule has 0 aliphatic heterocycles. The normalized spacial score (nSPS) is 11.1. The Balaban J connectivity index is 2.31. The quantitative estimate of drug-likeness (QED) is 0.862. The van der Waals surface area contributed by atoms with Gasteiger partial charge in [0.15, 0.2) is 0 Å². The standard InChI is InChI=1S/C17H16F3NO2/c1-2-10-23-15-9-8-13(17(18,19)20)11-14(15)21-16(22)12-6-4-3-5-7-12/h3-9,11H,2,10H2,1H3,(H,21,22). The largest absolute Gasteiger partial charge is 0.491 e. The molecule has 0 heterocycles. The van der Waals surface area contributed by atoms with Crippen LogP contribution in [0.1, 0.15) is 29.3 Å². The van der Waals surface area contributed by atoms with Crippen molar-refractivity contribution in [2.45, 2.75) is 19.5 Å². The van der Waals surface area contributed by atoms with Gasteiger partial charge in [-0.2, -0.15) is 13.2 Å². The maximum absolute atomic E-state index is 12.9. The predicted molar refractivity (Wildman–Crippen MR) is 81.6 cm³/mol. The van der Waals surface area contributed by atoms with Gasteiger partial charge in [-0.25, -0.2) is 0 Å². The molecular weight excluding hydrogens is 307 g/mol. The van der Waals surface area contributed by atoms with Crippen LogP contribution in [0.15, 0.2) is 48.5 Å². The molecule has 0 spiro atoms. The number of hydrogen-bond acceptors (Lipinski definition) is 2. The molecule has 2 aromatic rings. The van der Waals surface area contributed by atoms with Gasteiger partial charge >= 0.3 is 6.18 Å². The van der Waals surface area contributed by atoms with Crippen LogP contribution in [0, 0.1) is 0 Å². The summed E-state index contributed by atoms with van der Waals surface area (Å²) in [5.74, 6) is -0.282. The average molecular weight is 323 g/mol. The number of benzene rings is 2. The fourth-order valence-corrected chi connectivity index (χ4v) is 1.93. The maximum Gasteiger partial charge on any atom is 0.416 e.